The van der Waals surface area contributed by atoms with E-state index in [4.69, 9.17) is 0 Å². The molecule has 0 aliphatic carbocycles. The van der Waals surface area contributed by atoms with E-state index in [1.165, 1.54) is 21.2 Å². The Morgan fingerprint density at radius 2 is 1.34 bits per heavy atom. The van der Waals surface area contributed by atoms with Crippen LogP contribution in [0.15, 0.2) is 97.1 Å². The molecule has 1 unspecified atom stereocenters. The molecule has 29 heavy (non-hydrogen) atoms. The molecule has 0 spiro atoms. The summed E-state index contributed by atoms with van der Waals surface area (Å²) in [5, 5.41) is 12.3. The number of rotatable bonds is 10. The number of carbonyl (C=O) groups is 1. The van der Waals surface area contributed by atoms with Crippen LogP contribution in [0.1, 0.15) is 30.4 Å². The summed E-state index contributed by atoms with van der Waals surface area (Å²) in [5.41, 5.74) is 3.56. The van der Waals surface area contributed by atoms with Gasteiger partial charge in [0.2, 0.25) is 0 Å². The van der Waals surface area contributed by atoms with Gasteiger partial charge in [0, 0.05) is 0 Å². The summed E-state index contributed by atoms with van der Waals surface area (Å²) in [6.45, 7) is 0. The first-order chi connectivity index (χ1) is 14.2. The third-order valence-electron chi connectivity index (χ3n) is 4.80. The molecular formula is C26H25O2Se-. The fourth-order valence-electron chi connectivity index (χ4n) is 3.23. The second-order valence-corrected chi connectivity index (χ2v) is 9.21. The van der Waals surface area contributed by atoms with Gasteiger partial charge in [0.15, 0.2) is 0 Å². The average Bonchev–Trinajstić information content (AvgIpc) is 2.77. The summed E-state index contributed by atoms with van der Waals surface area (Å²) < 4.78 is 1.24. The zero-order valence-corrected chi connectivity index (χ0v) is 18.1. The third kappa shape index (κ3) is 6.74. The summed E-state index contributed by atoms with van der Waals surface area (Å²) in [4.78, 5) is 11.6. The second kappa shape index (κ2) is 11.4. The van der Waals surface area contributed by atoms with E-state index < -0.39 is 5.97 Å². The molecule has 3 heteroatoms. The van der Waals surface area contributed by atoms with Crippen molar-refractivity contribution in [1.29, 1.82) is 0 Å². The Labute approximate surface area is 179 Å². The van der Waals surface area contributed by atoms with Crippen molar-refractivity contribution >= 4 is 31.0 Å². The first-order valence-corrected chi connectivity index (χ1v) is 12.0. The molecule has 3 rings (SSSR count). The van der Waals surface area contributed by atoms with E-state index in [1.807, 2.05) is 54.6 Å². The van der Waals surface area contributed by atoms with Crippen LogP contribution < -0.4 is 9.57 Å². The minimum atomic E-state index is -0.918. The number of carboxylic acids is 1. The van der Waals surface area contributed by atoms with Gasteiger partial charge in [-0.05, 0) is 0 Å². The SMILES string of the molecule is O=C([O-])C(CCCC=C(c1ccccc1)c1ccccc1)C[Se]c1ccccc1. The van der Waals surface area contributed by atoms with Gasteiger partial charge in [-0.2, -0.15) is 0 Å². The van der Waals surface area contributed by atoms with Crippen LogP contribution in [-0.2, 0) is 4.79 Å². The Hall–Kier alpha value is -2.61. The molecule has 2 nitrogen and oxygen atoms in total. The molecule has 0 amide bonds. The van der Waals surface area contributed by atoms with Crippen LogP contribution in [-0.4, -0.2) is 20.9 Å². The van der Waals surface area contributed by atoms with E-state index in [0.29, 0.717) is 11.7 Å². The van der Waals surface area contributed by atoms with Crippen LogP contribution in [0.2, 0.25) is 5.32 Å². The quantitative estimate of drug-likeness (QED) is 0.346. The van der Waals surface area contributed by atoms with Crippen LogP contribution in [0.5, 0.6) is 0 Å². The van der Waals surface area contributed by atoms with Gasteiger partial charge in [0.05, 0.1) is 0 Å². The van der Waals surface area contributed by atoms with Crippen molar-refractivity contribution in [2.24, 2.45) is 5.92 Å². The van der Waals surface area contributed by atoms with E-state index in [2.05, 4.69) is 42.5 Å². The number of carbonyl (C=O) groups excluding carboxylic acids is 1. The number of aliphatic carboxylic acids is 1. The van der Waals surface area contributed by atoms with Crippen molar-refractivity contribution in [3.8, 4) is 0 Å². The molecule has 1 atom stereocenters. The number of hydrogen-bond acceptors (Lipinski definition) is 2. The number of allylic oxidation sites excluding steroid dienone is 1. The maximum atomic E-state index is 11.6. The third-order valence-corrected chi connectivity index (χ3v) is 7.27. The topological polar surface area (TPSA) is 40.1 Å². The monoisotopic (exact) mass is 449 g/mol. The molecule has 0 fully saturated rings. The summed E-state index contributed by atoms with van der Waals surface area (Å²) >= 11 is 0.168. The number of hydrogen-bond donors (Lipinski definition) is 0. The van der Waals surface area contributed by atoms with E-state index in [-0.39, 0.29) is 20.9 Å². The fraction of sp³-hybridized carbons (Fsp3) is 0.192. The maximum absolute atomic E-state index is 11.6. The molecule has 3 aromatic carbocycles. The molecule has 0 bridgehead atoms. The molecule has 0 saturated carbocycles. The van der Waals surface area contributed by atoms with Crippen molar-refractivity contribution in [2.45, 2.75) is 24.6 Å². The molecule has 0 aromatic heterocycles. The number of benzene rings is 3. The molecule has 0 saturated heterocycles. The number of carboxylic acid groups (broad SMARTS) is 1. The van der Waals surface area contributed by atoms with Crippen LogP contribution in [0.3, 0.4) is 0 Å². The first-order valence-electron chi connectivity index (χ1n) is 9.94. The molecule has 3 aromatic rings. The minimum absolute atomic E-state index is 0.168. The van der Waals surface area contributed by atoms with Crippen molar-refractivity contribution in [3.63, 3.8) is 0 Å². The summed E-state index contributed by atoms with van der Waals surface area (Å²) in [7, 11) is 0. The first kappa shape index (κ1) is 21.1. The van der Waals surface area contributed by atoms with E-state index in [9.17, 15) is 9.90 Å². The van der Waals surface area contributed by atoms with Gasteiger partial charge >= 0.3 is 180 Å². The van der Waals surface area contributed by atoms with E-state index >= 15 is 0 Å². The second-order valence-electron chi connectivity index (χ2n) is 6.92. The van der Waals surface area contributed by atoms with Crippen LogP contribution in [0, 0.1) is 5.92 Å². The molecule has 148 valence electrons. The Kier molecular flexibility index (Phi) is 8.30. The summed E-state index contributed by atoms with van der Waals surface area (Å²) in [5.74, 6) is -1.29. The Morgan fingerprint density at radius 3 is 1.86 bits per heavy atom. The van der Waals surface area contributed by atoms with Gasteiger partial charge in [-0.1, -0.05) is 0 Å². The van der Waals surface area contributed by atoms with Crippen LogP contribution in [0.25, 0.3) is 5.57 Å². The zero-order chi connectivity index (χ0) is 20.3. The Balaban J connectivity index is 1.61. The molecule has 0 aliphatic rings. The van der Waals surface area contributed by atoms with Gasteiger partial charge in [0.1, 0.15) is 0 Å². The van der Waals surface area contributed by atoms with Crippen molar-refractivity contribution in [3.05, 3.63) is 108 Å². The fourth-order valence-corrected chi connectivity index (χ4v) is 5.43. The normalized spacial score (nSPS) is 11.6. The Bertz CT molecular complexity index is 864. The summed E-state index contributed by atoms with van der Waals surface area (Å²) in [6.07, 6.45) is 4.58. The zero-order valence-electron chi connectivity index (χ0n) is 16.4. The molecule has 0 N–H and O–H groups in total. The van der Waals surface area contributed by atoms with Gasteiger partial charge in [-0.3, -0.25) is 0 Å². The standard InChI is InChI=1S/C26H26O2Se/c27-26(28)23(20-29-24-17-8-3-9-18-24)16-10-11-19-25(21-12-4-1-5-13-21)22-14-6-2-7-15-22/h1-9,12-15,17-19,23H,10-11,16,20H2,(H,27,28)/p-1. The van der Waals surface area contributed by atoms with Gasteiger partial charge in [-0.15, -0.1) is 0 Å². The predicted molar refractivity (Wildman–Crippen MR) is 119 cm³/mol. The Morgan fingerprint density at radius 1 is 0.828 bits per heavy atom. The molecular weight excluding hydrogens is 423 g/mol. The number of unbranched alkanes of at least 4 members (excludes halogenated alkanes) is 1. The van der Waals surface area contributed by atoms with Crippen LogP contribution in [0.4, 0.5) is 0 Å². The molecule has 0 radical (unpaired) electrons. The van der Waals surface area contributed by atoms with Crippen molar-refractivity contribution < 1.29 is 9.90 Å². The van der Waals surface area contributed by atoms with Gasteiger partial charge in [0.25, 0.3) is 0 Å². The van der Waals surface area contributed by atoms with Crippen molar-refractivity contribution in [1.82, 2.24) is 0 Å². The van der Waals surface area contributed by atoms with E-state index in [1.54, 1.807) is 0 Å². The molecule has 0 aliphatic heterocycles. The van der Waals surface area contributed by atoms with Crippen LogP contribution >= 0.6 is 0 Å². The van der Waals surface area contributed by atoms with Crippen molar-refractivity contribution in [2.75, 3.05) is 0 Å². The van der Waals surface area contributed by atoms with Gasteiger partial charge < -0.3 is 0 Å². The predicted octanol–water partition coefficient (Wildman–Crippen LogP) is 4.10. The average molecular weight is 448 g/mol. The summed E-state index contributed by atoms with van der Waals surface area (Å²) in [6, 6.07) is 30.8. The van der Waals surface area contributed by atoms with Gasteiger partial charge in [-0.25, -0.2) is 0 Å². The van der Waals surface area contributed by atoms with E-state index in [0.717, 1.165) is 12.8 Å². The molecule has 0 heterocycles.